The SMILES string of the molecule is CCCCN(C)CC1CCCC(C)(C)C1=O. The van der Waals surface area contributed by atoms with Gasteiger partial charge in [-0.3, -0.25) is 4.79 Å². The number of Topliss-reactive ketones (excluding diaryl/α,β-unsaturated/α-hetero) is 1. The van der Waals surface area contributed by atoms with Crippen molar-refractivity contribution in [3.63, 3.8) is 0 Å². The molecule has 2 heteroatoms. The first kappa shape index (κ1) is 13.7. The van der Waals surface area contributed by atoms with E-state index in [2.05, 4.69) is 32.7 Å². The summed E-state index contributed by atoms with van der Waals surface area (Å²) in [5.41, 5.74) is -0.0749. The Morgan fingerprint density at radius 3 is 2.75 bits per heavy atom. The summed E-state index contributed by atoms with van der Waals surface area (Å²) in [5, 5.41) is 0. The summed E-state index contributed by atoms with van der Waals surface area (Å²) < 4.78 is 0. The molecule has 1 atom stereocenters. The summed E-state index contributed by atoms with van der Waals surface area (Å²) in [5.74, 6) is 0.771. The van der Waals surface area contributed by atoms with Gasteiger partial charge in [0, 0.05) is 17.9 Å². The molecule has 0 aromatic rings. The minimum atomic E-state index is -0.0749. The summed E-state index contributed by atoms with van der Waals surface area (Å²) in [6, 6.07) is 0. The third-order valence-electron chi connectivity index (χ3n) is 3.82. The molecule has 16 heavy (non-hydrogen) atoms. The van der Waals surface area contributed by atoms with Crippen LogP contribution in [0.25, 0.3) is 0 Å². The Morgan fingerprint density at radius 1 is 1.44 bits per heavy atom. The molecule has 2 nitrogen and oxygen atoms in total. The zero-order valence-electron chi connectivity index (χ0n) is 11.4. The van der Waals surface area contributed by atoms with Crippen LogP contribution in [-0.4, -0.2) is 30.8 Å². The molecule has 0 radical (unpaired) electrons. The third kappa shape index (κ3) is 3.58. The summed E-state index contributed by atoms with van der Waals surface area (Å²) in [6.07, 6.45) is 5.85. The fourth-order valence-electron chi connectivity index (χ4n) is 2.67. The van der Waals surface area contributed by atoms with Crippen LogP contribution in [0.1, 0.15) is 52.9 Å². The van der Waals surface area contributed by atoms with Crippen molar-refractivity contribution in [3.05, 3.63) is 0 Å². The zero-order valence-corrected chi connectivity index (χ0v) is 11.4. The van der Waals surface area contributed by atoms with E-state index < -0.39 is 0 Å². The fourth-order valence-corrected chi connectivity index (χ4v) is 2.67. The van der Waals surface area contributed by atoms with E-state index in [1.165, 1.54) is 19.3 Å². The molecule has 1 unspecified atom stereocenters. The Kier molecular flexibility index (Phi) is 4.97. The maximum Gasteiger partial charge on any atom is 0.142 e. The van der Waals surface area contributed by atoms with Crippen molar-refractivity contribution in [2.45, 2.75) is 52.9 Å². The van der Waals surface area contributed by atoms with Gasteiger partial charge in [0.15, 0.2) is 0 Å². The van der Waals surface area contributed by atoms with Crippen LogP contribution in [0.15, 0.2) is 0 Å². The number of carbonyl (C=O) groups is 1. The molecule has 0 aromatic heterocycles. The topological polar surface area (TPSA) is 20.3 Å². The second kappa shape index (κ2) is 5.81. The molecule has 0 heterocycles. The van der Waals surface area contributed by atoms with Crippen LogP contribution in [0.5, 0.6) is 0 Å². The molecule has 0 spiro atoms. The maximum atomic E-state index is 12.2. The third-order valence-corrected chi connectivity index (χ3v) is 3.82. The Labute approximate surface area is 100 Å². The molecule has 0 aromatic carbocycles. The number of nitrogens with zero attached hydrogens (tertiary/aromatic N) is 1. The Morgan fingerprint density at radius 2 is 2.12 bits per heavy atom. The van der Waals surface area contributed by atoms with Gasteiger partial charge in [0.2, 0.25) is 0 Å². The molecule has 1 fully saturated rings. The number of hydrogen-bond acceptors (Lipinski definition) is 2. The average molecular weight is 225 g/mol. The van der Waals surface area contributed by atoms with Gasteiger partial charge >= 0.3 is 0 Å². The van der Waals surface area contributed by atoms with Crippen LogP contribution < -0.4 is 0 Å². The maximum absolute atomic E-state index is 12.2. The molecule has 0 saturated heterocycles. The van der Waals surface area contributed by atoms with Crippen LogP contribution in [0, 0.1) is 11.3 Å². The first-order valence-electron chi connectivity index (χ1n) is 6.70. The largest absolute Gasteiger partial charge is 0.306 e. The Balaban J connectivity index is 2.44. The summed E-state index contributed by atoms with van der Waals surface area (Å²) in [4.78, 5) is 14.6. The standard InChI is InChI=1S/C14H27NO/c1-5-6-10-15(4)11-12-8-7-9-14(2,3)13(12)16/h12H,5-11H2,1-4H3. The van der Waals surface area contributed by atoms with Crippen molar-refractivity contribution in [1.82, 2.24) is 4.90 Å². The first-order valence-corrected chi connectivity index (χ1v) is 6.70. The molecule has 94 valence electrons. The van der Waals surface area contributed by atoms with Crippen LogP contribution >= 0.6 is 0 Å². The molecule has 0 aliphatic heterocycles. The zero-order chi connectivity index (χ0) is 12.2. The van der Waals surface area contributed by atoms with Crippen LogP contribution in [0.2, 0.25) is 0 Å². The van der Waals surface area contributed by atoms with Crippen molar-refractivity contribution in [2.24, 2.45) is 11.3 Å². The van der Waals surface area contributed by atoms with Crippen molar-refractivity contribution in [1.29, 1.82) is 0 Å². The predicted molar refractivity (Wildman–Crippen MR) is 68.5 cm³/mol. The summed E-state index contributed by atoms with van der Waals surface area (Å²) in [6.45, 7) is 8.51. The number of ketones is 1. The summed E-state index contributed by atoms with van der Waals surface area (Å²) in [7, 11) is 2.14. The lowest BCUT2D eigenvalue weighted by molar-refractivity contribution is -0.134. The Bertz CT molecular complexity index is 235. The Hall–Kier alpha value is -0.370. The van der Waals surface area contributed by atoms with Gasteiger partial charge in [0.1, 0.15) is 5.78 Å². The molecule has 1 aliphatic carbocycles. The van der Waals surface area contributed by atoms with Crippen molar-refractivity contribution >= 4 is 5.78 Å². The van der Waals surface area contributed by atoms with E-state index in [0.29, 0.717) is 5.78 Å². The smallest absolute Gasteiger partial charge is 0.142 e. The highest BCUT2D eigenvalue weighted by atomic mass is 16.1. The lowest BCUT2D eigenvalue weighted by Crippen LogP contribution is -2.40. The molecule has 1 aliphatic rings. The lowest BCUT2D eigenvalue weighted by Gasteiger charge is -2.35. The highest BCUT2D eigenvalue weighted by Gasteiger charge is 2.37. The number of hydrogen-bond donors (Lipinski definition) is 0. The van der Waals surface area contributed by atoms with Gasteiger partial charge in [-0.1, -0.05) is 33.6 Å². The minimum Gasteiger partial charge on any atom is -0.306 e. The van der Waals surface area contributed by atoms with E-state index in [0.717, 1.165) is 25.9 Å². The first-order chi connectivity index (χ1) is 7.47. The second-order valence-electron chi connectivity index (χ2n) is 5.95. The number of carbonyl (C=O) groups excluding carboxylic acids is 1. The molecule has 1 saturated carbocycles. The molecule has 0 amide bonds. The predicted octanol–water partition coefficient (Wildman–Crippen LogP) is 3.11. The van der Waals surface area contributed by atoms with Gasteiger partial charge in [-0.2, -0.15) is 0 Å². The second-order valence-corrected chi connectivity index (χ2v) is 5.95. The van der Waals surface area contributed by atoms with Crippen molar-refractivity contribution in [3.8, 4) is 0 Å². The molecular formula is C14H27NO. The van der Waals surface area contributed by atoms with Gasteiger partial charge in [-0.25, -0.2) is 0 Å². The molecule has 0 bridgehead atoms. The van der Waals surface area contributed by atoms with E-state index in [9.17, 15) is 4.79 Å². The highest BCUT2D eigenvalue weighted by Crippen LogP contribution is 2.35. The monoisotopic (exact) mass is 225 g/mol. The van der Waals surface area contributed by atoms with E-state index >= 15 is 0 Å². The van der Waals surface area contributed by atoms with Gasteiger partial charge in [-0.05, 0) is 32.9 Å². The van der Waals surface area contributed by atoms with Gasteiger partial charge in [0.25, 0.3) is 0 Å². The van der Waals surface area contributed by atoms with Crippen LogP contribution in [-0.2, 0) is 4.79 Å². The van der Waals surface area contributed by atoms with E-state index in [1.807, 2.05) is 0 Å². The van der Waals surface area contributed by atoms with E-state index in [4.69, 9.17) is 0 Å². The van der Waals surface area contributed by atoms with Crippen molar-refractivity contribution in [2.75, 3.05) is 20.1 Å². The molecular weight excluding hydrogens is 198 g/mol. The number of rotatable bonds is 5. The molecule has 0 N–H and O–H groups in total. The van der Waals surface area contributed by atoms with Crippen LogP contribution in [0.4, 0.5) is 0 Å². The quantitative estimate of drug-likeness (QED) is 0.716. The highest BCUT2D eigenvalue weighted by molar-refractivity contribution is 5.87. The summed E-state index contributed by atoms with van der Waals surface area (Å²) >= 11 is 0. The van der Waals surface area contributed by atoms with E-state index in [-0.39, 0.29) is 11.3 Å². The average Bonchev–Trinajstić information content (AvgIpc) is 2.22. The molecule has 1 rings (SSSR count). The lowest BCUT2D eigenvalue weighted by atomic mass is 9.71. The van der Waals surface area contributed by atoms with Crippen molar-refractivity contribution < 1.29 is 4.79 Å². The van der Waals surface area contributed by atoms with Gasteiger partial charge < -0.3 is 4.90 Å². The normalized spacial score (nSPS) is 25.1. The van der Waals surface area contributed by atoms with Gasteiger partial charge in [0.05, 0.1) is 0 Å². The number of unbranched alkanes of at least 4 members (excludes halogenated alkanes) is 1. The van der Waals surface area contributed by atoms with E-state index in [1.54, 1.807) is 0 Å². The minimum absolute atomic E-state index is 0.0749. The fraction of sp³-hybridized carbons (Fsp3) is 0.929. The van der Waals surface area contributed by atoms with Crippen LogP contribution in [0.3, 0.4) is 0 Å². The van der Waals surface area contributed by atoms with Gasteiger partial charge in [-0.15, -0.1) is 0 Å².